The Hall–Kier alpha value is -4.06. The number of fused-ring (bicyclic) bond motifs is 1. The number of carbonyl (C=O) groups excluding carboxylic acids is 1. The standard InChI is InChI=1S/C17H14N6O5S/c18-15-20-10-2-1-8(5-11(10)29-15)13(14(24)25)22-17(27)23-6-12(21-16(23)26)19-9-3-4-28-7-9/h1-7,13,19H,(H2,18,20)(H,21,26)(H,22,27)(H,24,25). The first-order valence-corrected chi connectivity index (χ1v) is 9.03. The van der Waals surface area contributed by atoms with Crippen LogP contribution in [0.4, 0.5) is 21.4 Å². The highest BCUT2D eigenvalue weighted by atomic mass is 32.1. The maximum atomic E-state index is 12.5. The molecule has 0 aliphatic heterocycles. The van der Waals surface area contributed by atoms with E-state index in [2.05, 4.69) is 20.6 Å². The number of nitrogens with zero attached hydrogens (tertiary/aromatic N) is 2. The van der Waals surface area contributed by atoms with E-state index in [4.69, 9.17) is 10.2 Å². The Balaban J connectivity index is 1.58. The largest absolute Gasteiger partial charge is 0.479 e. The van der Waals surface area contributed by atoms with Crippen LogP contribution >= 0.6 is 11.3 Å². The van der Waals surface area contributed by atoms with Crippen molar-refractivity contribution >= 4 is 50.2 Å². The van der Waals surface area contributed by atoms with Crippen molar-refractivity contribution in [1.82, 2.24) is 19.9 Å². The van der Waals surface area contributed by atoms with Gasteiger partial charge < -0.3 is 25.9 Å². The smallest absolute Gasteiger partial charge is 0.335 e. The van der Waals surface area contributed by atoms with Gasteiger partial charge in [-0.05, 0) is 23.8 Å². The lowest BCUT2D eigenvalue weighted by atomic mass is 10.1. The maximum Gasteiger partial charge on any atom is 0.335 e. The summed E-state index contributed by atoms with van der Waals surface area (Å²) in [5, 5.41) is 15.1. The molecule has 29 heavy (non-hydrogen) atoms. The number of imidazole rings is 1. The average molecular weight is 414 g/mol. The fourth-order valence-electron chi connectivity index (χ4n) is 2.72. The first-order chi connectivity index (χ1) is 13.9. The number of nitrogens with one attached hydrogen (secondary N) is 3. The second-order valence-corrected chi connectivity index (χ2v) is 7.04. The number of thiazole rings is 1. The Labute approximate surface area is 165 Å². The number of anilines is 3. The Morgan fingerprint density at radius 3 is 2.90 bits per heavy atom. The first kappa shape index (κ1) is 18.3. The highest BCUT2D eigenvalue weighted by molar-refractivity contribution is 7.22. The van der Waals surface area contributed by atoms with Gasteiger partial charge in [0, 0.05) is 0 Å². The van der Waals surface area contributed by atoms with Gasteiger partial charge in [-0.1, -0.05) is 17.4 Å². The Morgan fingerprint density at radius 1 is 1.34 bits per heavy atom. The van der Waals surface area contributed by atoms with Gasteiger partial charge in [0.15, 0.2) is 11.2 Å². The number of H-pyrrole nitrogens is 1. The molecule has 1 unspecified atom stereocenters. The lowest BCUT2D eigenvalue weighted by molar-refractivity contribution is -0.139. The number of aromatic nitrogens is 3. The van der Waals surface area contributed by atoms with E-state index in [-0.39, 0.29) is 5.82 Å². The van der Waals surface area contributed by atoms with Crippen LogP contribution in [0.2, 0.25) is 0 Å². The van der Waals surface area contributed by atoms with Gasteiger partial charge in [-0.25, -0.2) is 23.9 Å². The highest BCUT2D eigenvalue weighted by Crippen LogP contribution is 2.27. The van der Waals surface area contributed by atoms with E-state index in [0.717, 1.165) is 4.57 Å². The van der Waals surface area contributed by atoms with E-state index in [9.17, 15) is 19.5 Å². The first-order valence-electron chi connectivity index (χ1n) is 8.21. The number of nitrogens with two attached hydrogens (primary N) is 1. The zero-order valence-corrected chi connectivity index (χ0v) is 15.4. The molecule has 0 fully saturated rings. The zero-order valence-electron chi connectivity index (χ0n) is 14.6. The maximum absolute atomic E-state index is 12.5. The van der Waals surface area contributed by atoms with E-state index >= 15 is 0 Å². The van der Waals surface area contributed by atoms with Crippen LogP contribution in [0.5, 0.6) is 0 Å². The van der Waals surface area contributed by atoms with Crippen molar-refractivity contribution < 1.29 is 19.1 Å². The molecule has 0 bridgehead atoms. The molecule has 0 spiro atoms. The lowest BCUT2D eigenvalue weighted by Crippen LogP contribution is -2.39. The normalized spacial score (nSPS) is 12.0. The molecule has 12 heteroatoms. The fraction of sp³-hybridized carbons (Fsp3) is 0.0588. The number of benzene rings is 1. The summed E-state index contributed by atoms with van der Waals surface area (Å²) in [5.74, 6) is -1.05. The summed E-state index contributed by atoms with van der Waals surface area (Å²) < 4.78 is 6.34. The van der Waals surface area contributed by atoms with E-state index in [1.54, 1.807) is 18.2 Å². The van der Waals surface area contributed by atoms with Crippen molar-refractivity contribution in [2.45, 2.75) is 6.04 Å². The Morgan fingerprint density at radius 2 is 2.17 bits per heavy atom. The van der Waals surface area contributed by atoms with E-state index < -0.39 is 23.7 Å². The van der Waals surface area contributed by atoms with Crippen LogP contribution in [-0.4, -0.2) is 31.6 Å². The number of furan rings is 1. The predicted molar refractivity (Wildman–Crippen MR) is 105 cm³/mol. The van der Waals surface area contributed by atoms with Crippen LogP contribution in [-0.2, 0) is 4.79 Å². The molecular weight excluding hydrogens is 400 g/mol. The van der Waals surface area contributed by atoms with Crippen molar-refractivity contribution in [1.29, 1.82) is 0 Å². The molecule has 0 aliphatic rings. The van der Waals surface area contributed by atoms with E-state index in [1.807, 2.05) is 0 Å². The molecule has 148 valence electrons. The zero-order chi connectivity index (χ0) is 20.5. The second kappa shape index (κ2) is 7.16. The molecule has 1 atom stereocenters. The third-order valence-electron chi connectivity index (χ3n) is 4.01. The molecule has 4 rings (SSSR count). The van der Waals surface area contributed by atoms with Crippen molar-refractivity contribution in [3.8, 4) is 0 Å². The Kier molecular flexibility index (Phi) is 4.52. The van der Waals surface area contributed by atoms with Gasteiger partial charge in [0.05, 0.1) is 28.4 Å². The summed E-state index contributed by atoms with van der Waals surface area (Å²) in [7, 11) is 0. The van der Waals surface area contributed by atoms with Crippen LogP contribution in [0.25, 0.3) is 10.2 Å². The average Bonchev–Trinajstić information content (AvgIpc) is 3.38. The third kappa shape index (κ3) is 3.68. The summed E-state index contributed by atoms with van der Waals surface area (Å²) in [4.78, 5) is 42.9. The van der Waals surface area contributed by atoms with E-state index in [0.29, 0.717) is 26.6 Å². The number of hydrogen-bond donors (Lipinski definition) is 5. The number of aliphatic carboxylic acids is 1. The van der Waals surface area contributed by atoms with Crippen molar-refractivity contribution in [3.63, 3.8) is 0 Å². The number of nitrogen functional groups attached to an aromatic ring is 1. The third-order valence-corrected chi connectivity index (χ3v) is 4.86. The fourth-order valence-corrected chi connectivity index (χ4v) is 3.50. The molecule has 11 nitrogen and oxygen atoms in total. The van der Waals surface area contributed by atoms with Crippen molar-refractivity contribution in [2.24, 2.45) is 0 Å². The molecule has 0 aliphatic carbocycles. The monoisotopic (exact) mass is 414 g/mol. The lowest BCUT2D eigenvalue weighted by Gasteiger charge is -2.14. The second-order valence-electron chi connectivity index (χ2n) is 5.98. The number of aromatic amines is 1. The minimum Gasteiger partial charge on any atom is -0.479 e. The molecule has 0 saturated carbocycles. The Bertz CT molecular complexity index is 1260. The summed E-state index contributed by atoms with van der Waals surface area (Å²) >= 11 is 1.20. The molecule has 1 amide bonds. The minimum atomic E-state index is -1.37. The number of hydrogen-bond acceptors (Lipinski definition) is 8. The summed E-state index contributed by atoms with van der Waals surface area (Å²) in [5.41, 5.74) is 6.45. The molecule has 6 N–H and O–H groups in total. The number of amides is 1. The predicted octanol–water partition coefficient (Wildman–Crippen LogP) is 2.09. The molecule has 0 radical (unpaired) electrons. The number of carboxylic acid groups (broad SMARTS) is 1. The van der Waals surface area contributed by atoms with Crippen LogP contribution < -0.4 is 22.1 Å². The number of carboxylic acids is 1. The molecule has 3 aromatic heterocycles. The minimum absolute atomic E-state index is 0.236. The molecule has 0 saturated heterocycles. The van der Waals surface area contributed by atoms with Crippen LogP contribution in [0.3, 0.4) is 0 Å². The molecule has 1 aromatic carbocycles. The van der Waals surface area contributed by atoms with Gasteiger partial charge in [0.25, 0.3) is 0 Å². The topological polar surface area (TPSA) is 168 Å². The quantitative estimate of drug-likeness (QED) is 0.331. The highest BCUT2D eigenvalue weighted by Gasteiger charge is 2.24. The van der Waals surface area contributed by atoms with Crippen molar-refractivity contribution in [2.75, 3.05) is 11.1 Å². The molecular formula is C17H14N6O5S. The van der Waals surface area contributed by atoms with Gasteiger partial charge >= 0.3 is 17.7 Å². The van der Waals surface area contributed by atoms with Gasteiger partial charge in [-0.15, -0.1) is 0 Å². The SMILES string of the molecule is Nc1nc2ccc(C(NC(=O)n3cc(Nc4ccoc4)[nH]c3=O)C(=O)O)cc2s1. The molecule has 3 heterocycles. The van der Waals surface area contributed by atoms with Gasteiger partial charge in [0.1, 0.15) is 12.1 Å². The molecule has 4 aromatic rings. The number of carbonyl (C=O) groups is 2. The van der Waals surface area contributed by atoms with Gasteiger partial charge in [0.2, 0.25) is 0 Å². The number of rotatable bonds is 5. The van der Waals surface area contributed by atoms with Crippen molar-refractivity contribution in [3.05, 3.63) is 59.0 Å². The van der Waals surface area contributed by atoms with Gasteiger partial charge in [-0.3, -0.25) is 4.98 Å². The summed E-state index contributed by atoms with van der Waals surface area (Å²) in [6.07, 6.45) is 4.07. The van der Waals surface area contributed by atoms with Crippen LogP contribution in [0.15, 0.2) is 52.2 Å². The van der Waals surface area contributed by atoms with Crippen LogP contribution in [0.1, 0.15) is 11.6 Å². The summed E-state index contributed by atoms with van der Waals surface area (Å²) in [6, 6.07) is 4.10. The van der Waals surface area contributed by atoms with E-state index in [1.165, 1.54) is 36.1 Å². The van der Waals surface area contributed by atoms with Crippen LogP contribution in [0, 0.1) is 0 Å². The van der Waals surface area contributed by atoms with Gasteiger partial charge in [-0.2, -0.15) is 0 Å². The summed E-state index contributed by atoms with van der Waals surface area (Å²) in [6.45, 7) is 0.